The molecule has 0 unspecified atom stereocenters. The van der Waals surface area contributed by atoms with Gasteiger partial charge >= 0.3 is 6.03 Å². The number of hydrogen-bond acceptors (Lipinski definition) is 9. The second kappa shape index (κ2) is 11.2. The highest BCUT2D eigenvalue weighted by atomic mass is 16.3. The molecule has 3 aliphatic rings. The van der Waals surface area contributed by atoms with Crippen LogP contribution in [0.5, 0.6) is 0 Å². The van der Waals surface area contributed by atoms with Gasteiger partial charge in [-0.15, -0.1) is 0 Å². The van der Waals surface area contributed by atoms with E-state index in [0.29, 0.717) is 41.5 Å². The number of rotatable bonds is 7. The van der Waals surface area contributed by atoms with Crippen molar-refractivity contribution in [1.82, 2.24) is 34.2 Å². The number of amides is 3. The van der Waals surface area contributed by atoms with Crippen LogP contribution < -0.4 is 10.2 Å². The predicted octanol–water partition coefficient (Wildman–Crippen LogP) is 4.24. The Kier molecular flexibility index (Phi) is 7.07. The number of aromatic nitrogens is 6. The number of fused-ring (bicyclic) bond motifs is 2. The minimum absolute atomic E-state index is 0.0230. The van der Waals surface area contributed by atoms with Gasteiger partial charge in [-0.1, -0.05) is 0 Å². The number of anilines is 2. The van der Waals surface area contributed by atoms with Gasteiger partial charge in [0, 0.05) is 66.5 Å². The number of urea groups is 1. The summed E-state index contributed by atoms with van der Waals surface area (Å²) in [5.41, 5.74) is 6.21. The second-order valence-electron chi connectivity index (χ2n) is 11.7. The standard InChI is InChI=1S/C31H29N9O2.CH2O2/c1-17-7-8-32-29(35-17)23-10-22(23)24-6-5-19-12-33-27(11-25(19)37-24)34-13-21-15-39-14-20(18-3-4-18)9-26(30(39)36-21)40-16-28(41)38(2)31(40)42;2-1-3/h5-9,11-12,14-15,18,22-23H,3-4,10,13,16H2,1-2H3,(H,33,34);1H,(H,2,3)/t22-,23-;/m0./s1. The summed E-state index contributed by atoms with van der Waals surface area (Å²) in [7, 11) is 1.52. The molecule has 13 heteroatoms. The van der Waals surface area contributed by atoms with Crippen molar-refractivity contribution in [2.24, 2.45) is 0 Å². The van der Waals surface area contributed by atoms with Crippen LogP contribution in [0.15, 0.2) is 55.1 Å². The number of pyridine rings is 3. The number of carbonyl (C=O) groups is 3. The summed E-state index contributed by atoms with van der Waals surface area (Å²) in [6, 6.07) is 9.74. The van der Waals surface area contributed by atoms with Crippen molar-refractivity contribution in [3.63, 3.8) is 0 Å². The lowest BCUT2D eigenvalue weighted by atomic mass is 10.1. The lowest BCUT2D eigenvalue weighted by Gasteiger charge is -2.17. The molecule has 0 aromatic carbocycles. The van der Waals surface area contributed by atoms with Gasteiger partial charge in [-0.3, -0.25) is 24.4 Å². The van der Waals surface area contributed by atoms with E-state index in [4.69, 9.17) is 19.9 Å². The molecule has 5 aromatic heterocycles. The molecular formula is C32H31N9O4. The summed E-state index contributed by atoms with van der Waals surface area (Å²) in [5.74, 6) is 2.50. The van der Waals surface area contributed by atoms with E-state index < -0.39 is 0 Å². The first-order chi connectivity index (χ1) is 21.8. The van der Waals surface area contributed by atoms with Crippen LogP contribution in [0.2, 0.25) is 0 Å². The fourth-order valence-corrected chi connectivity index (χ4v) is 5.83. The molecule has 13 nitrogen and oxygen atoms in total. The molecule has 1 saturated heterocycles. The summed E-state index contributed by atoms with van der Waals surface area (Å²) < 4.78 is 1.97. The zero-order chi connectivity index (χ0) is 31.2. The van der Waals surface area contributed by atoms with Crippen molar-refractivity contribution in [3.05, 3.63) is 83.6 Å². The largest absolute Gasteiger partial charge is 0.483 e. The lowest BCUT2D eigenvalue weighted by molar-refractivity contribution is -0.124. The van der Waals surface area contributed by atoms with E-state index in [1.54, 1.807) is 0 Å². The van der Waals surface area contributed by atoms with E-state index in [1.165, 1.54) is 11.9 Å². The van der Waals surface area contributed by atoms with Gasteiger partial charge in [-0.05, 0) is 61.9 Å². The predicted molar refractivity (Wildman–Crippen MR) is 165 cm³/mol. The fraction of sp³-hybridized carbons (Fsp3) is 0.312. The molecule has 6 heterocycles. The lowest BCUT2D eigenvalue weighted by Crippen LogP contribution is -2.30. The number of imide groups is 1. The minimum Gasteiger partial charge on any atom is -0.483 e. The first-order valence-electron chi connectivity index (χ1n) is 14.8. The Morgan fingerprint density at radius 2 is 1.87 bits per heavy atom. The van der Waals surface area contributed by atoms with Crippen LogP contribution >= 0.6 is 0 Å². The molecule has 5 aromatic rings. The number of likely N-dealkylation sites (N-methyl/N-ethyl adjacent to an activating group) is 1. The fourth-order valence-electron chi connectivity index (χ4n) is 5.83. The van der Waals surface area contributed by atoms with E-state index in [0.717, 1.165) is 63.5 Å². The van der Waals surface area contributed by atoms with Crippen molar-refractivity contribution in [1.29, 1.82) is 0 Å². The Labute approximate surface area is 258 Å². The monoisotopic (exact) mass is 605 g/mol. The number of nitrogens with one attached hydrogen (secondary N) is 1. The van der Waals surface area contributed by atoms with Crippen LogP contribution in [0, 0.1) is 6.92 Å². The van der Waals surface area contributed by atoms with Crippen LogP contribution in [0.25, 0.3) is 16.6 Å². The highest BCUT2D eigenvalue weighted by Gasteiger charge is 2.43. The van der Waals surface area contributed by atoms with Crippen molar-refractivity contribution in [3.8, 4) is 0 Å². The van der Waals surface area contributed by atoms with E-state index >= 15 is 0 Å². The van der Waals surface area contributed by atoms with Gasteiger partial charge in [0.1, 0.15) is 18.2 Å². The zero-order valence-corrected chi connectivity index (χ0v) is 24.8. The minimum atomic E-state index is -0.325. The summed E-state index contributed by atoms with van der Waals surface area (Å²) in [5, 5.41) is 11.3. The first-order valence-corrected chi connectivity index (χ1v) is 14.8. The van der Waals surface area contributed by atoms with Crippen LogP contribution in [-0.4, -0.2) is 71.3 Å². The first kappa shape index (κ1) is 28.3. The van der Waals surface area contributed by atoms with Gasteiger partial charge in [-0.2, -0.15) is 0 Å². The molecule has 45 heavy (non-hydrogen) atoms. The van der Waals surface area contributed by atoms with Crippen molar-refractivity contribution < 1.29 is 19.5 Å². The average molecular weight is 606 g/mol. The number of nitrogens with zero attached hydrogens (tertiary/aromatic N) is 8. The molecule has 0 spiro atoms. The van der Waals surface area contributed by atoms with Gasteiger partial charge in [0.05, 0.1) is 23.4 Å². The Balaban J connectivity index is 0.00000104. The maximum atomic E-state index is 12.8. The molecule has 3 fully saturated rings. The molecule has 2 N–H and O–H groups in total. The van der Waals surface area contributed by atoms with Crippen LogP contribution in [-0.2, 0) is 16.1 Å². The number of imidazole rings is 1. The third-order valence-electron chi connectivity index (χ3n) is 8.49. The molecular weight excluding hydrogens is 574 g/mol. The Morgan fingerprint density at radius 1 is 1.04 bits per heavy atom. The van der Waals surface area contributed by atoms with Gasteiger partial charge in [-0.25, -0.2) is 24.7 Å². The number of hydrogen-bond donors (Lipinski definition) is 2. The van der Waals surface area contributed by atoms with Gasteiger partial charge in [0.25, 0.3) is 6.47 Å². The summed E-state index contributed by atoms with van der Waals surface area (Å²) in [4.78, 5) is 59.6. The molecule has 8 rings (SSSR count). The van der Waals surface area contributed by atoms with Crippen molar-refractivity contribution >= 4 is 46.5 Å². The molecule has 3 amide bonds. The maximum Gasteiger partial charge on any atom is 0.331 e. The van der Waals surface area contributed by atoms with Gasteiger partial charge in [0.2, 0.25) is 5.91 Å². The maximum absolute atomic E-state index is 12.8. The Bertz CT molecular complexity index is 1970. The molecule has 0 radical (unpaired) electrons. The Hall–Kier alpha value is -5.46. The van der Waals surface area contributed by atoms with Crippen LogP contribution in [0.4, 0.5) is 16.3 Å². The van der Waals surface area contributed by atoms with Crippen molar-refractivity contribution in [2.45, 2.75) is 50.5 Å². The quantitative estimate of drug-likeness (QED) is 0.203. The highest BCUT2D eigenvalue weighted by Crippen LogP contribution is 2.53. The molecule has 228 valence electrons. The summed E-state index contributed by atoms with van der Waals surface area (Å²) in [6.07, 6.45) is 11.0. The molecule has 2 aliphatic carbocycles. The van der Waals surface area contributed by atoms with Crippen LogP contribution in [0.1, 0.15) is 65.5 Å². The SMILES string of the molecule is Cc1ccnc([C@H]2C[C@@H]2c2ccc3cnc(NCc4cn5cc(C6CC6)cc(N6CC(=O)N(C)C6=O)c5n4)cc3n2)n1.O=CO. The van der Waals surface area contributed by atoms with Gasteiger partial charge in [0.15, 0.2) is 5.65 Å². The Morgan fingerprint density at radius 3 is 2.60 bits per heavy atom. The van der Waals surface area contributed by atoms with Gasteiger partial charge < -0.3 is 14.8 Å². The zero-order valence-electron chi connectivity index (χ0n) is 24.8. The molecule has 0 bridgehead atoms. The number of carboxylic acid groups (broad SMARTS) is 1. The third-order valence-corrected chi connectivity index (χ3v) is 8.49. The summed E-state index contributed by atoms with van der Waals surface area (Å²) in [6.45, 7) is 2.21. The number of aryl methyl sites for hydroxylation is 1. The highest BCUT2D eigenvalue weighted by molar-refractivity contribution is 6.13. The third kappa shape index (κ3) is 5.52. The molecule has 1 aliphatic heterocycles. The number of carbonyl (C=O) groups excluding carboxylic acids is 2. The normalized spacial score (nSPS) is 19.2. The smallest absolute Gasteiger partial charge is 0.331 e. The van der Waals surface area contributed by atoms with E-state index in [1.807, 2.05) is 48.1 Å². The second-order valence-corrected chi connectivity index (χ2v) is 11.7. The van der Waals surface area contributed by atoms with Crippen molar-refractivity contribution in [2.75, 3.05) is 23.8 Å². The topological polar surface area (TPSA) is 159 Å². The summed E-state index contributed by atoms with van der Waals surface area (Å²) >= 11 is 0. The average Bonchev–Trinajstić information content (AvgIpc) is 3.97. The van der Waals surface area contributed by atoms with E-state index in [9.17, 15) is 9.59 Å². The molecule has 2 atom stereocenters. The van der Waals surface area contributed by atoms with E-state index in [-0.39, 0.29) is 25.0 Å². The van der Waals surface area contributed by atoms with E-state index in [2.05, 4.69) is 38.6 Å². The molecule has 2 saturated carbocycles. The van der Waals surface area contributed by atoms with Crippen LogP contribution in [0.3, 0.4) is 0 Å².